The van der Waals surface area contributed by atoms with Gasteiger partial charge in [-0.2, -0.15) is 0 Å². The highest BCUT2D eigenvalue weighted by Crippen LogP contribution is 2.24. The van der Waals surface area contributed by atoms with Crippen molar-refractivity contribution in [1.82, 2.24) is 14.9 Å². The molecule has 0 saturated carbocycles. The van der Waals surface area contributed by atoms with Gasteiger partial charge in [-0.05, 0) is 52.9 Å². The molecular weight excluding hydrogens is 442 g/mol. The first-order chi connectivity index (χ1) is 17.8. The van der Waals surface area contributed by atoms with Crippen molar-refractivity contribution >= 4 is 33.8 Å². The summed E-state index contributed by atoms with van der Waals surface area (Å²) in [5, 5.41) is 5.55. The molecule has 0 radical (unpaired) electrons. The number of aromatic nitrogens is 2. The molecule has 5 rings (SSSR count). The molecule has 1 N–H and O–H groups in total. The number of aryl methyl sites for hydroxylation is 1. The van der Waals surface area contributed by atoms with E-state index >= 15 is 0 Å². The number of amides is 1. The number of carbonyl (C=O) groups excluding carboxylic acids is 1. The van der Waals surface area contributed by atoms with Crippen LogP contribution in [0.2, 0.25) is 0 Å². The Morgan fingerprint density at radius 1 is 0.806 bits per heavy atom. The van der Waals surface area contributed by atoms with E-state index in [1.807, 2.05) is 36.4 Å². The third-order valence-corrected chi connectivity index (χ3v) is 6.55. The molecule has 0 unspecified atom stereocenters. The number of fused-ring (bicyclic) bond motifs is 2. The fourth-order valence-electron chi connectivity index (χ4n) is 4.68. The van der Waals surface area contributed by atoms with Crippen LogP contribution >= 0.6 is 0 Å². The lowest BCUT2D eigenvalue weighted by molar-refractivity contribution is -0.116. The molecular formula is C32H31N3O. The second-order valence-corrected chi connectivity index (χ2v) is 9.09. The lowest BCUT2D eigenvalue weighted by Crippen LogP contribution is -2.22. The predicted octanol–water partition coefficient (Wildman–Crippen LogP) is 6.78. The molecule has 5 aromatic rings. The van der Waals surface area contributed by atoms with Gasteiger partial charge in [0.2, 0.25) is 5.91 Å². The van der Waals surface area contributed by atoms with Gasteiger partial charge in [-0.15, -0.1) is 0 Å². The van der Waals surface area contributed by atoms with Gasteiger partial charge >= 0.3 is 0 Å². The molecule has 1 amide bonds. The van der Waals surface area contributed by atoms with Gasteiger partial charge in [0, 0.05) is 25.6 Å². The average molecular weight is 474 g/mol. The number of rotatable bonds is 10. The van der Waals surface area contributed by atoms with E-state index in [0.717, 1.165) is 49.1 Å². The zero-order valence-corrected chi connectivity index (χ0v) is 20.4. The van der Waals surface area contributed by atoms with E-state index in [1.165, 1.54) is 21.9 Å². The summed E-state index contributed by atoms with van der Waals surface area (Å²) in [6, 6.07) is 33.4. The van der Waals surface area contributed by atoms with Crippen molar-refractivity contribution in [3.63, 3.8) is 0 Å². The van der Waals surface area contributed by atoms with Crippen LogP contribution < -0.4 is 5.32 Å². The Kier molecular flexibility index (Phi) is 7.52. The van der Waals surface area contributed by atoms with Crippen LogP contribution in [0, 0.1) is 0 Å². The zero-order valence-electron chi connectivity index (χ0n) is 20.4. The second-order valence-electron chi connectivity index (χ2n) is 9.09. The normalized spacial score (nSPS) is 11.4. The van der Waals surface area contributed by atoms with Crippen molar-refractivity contribution in [2.45, 2.75) is 32.2 Å². The third kappa shape index (κ3) is 5.72. The Bertz CT molecular complexity index is 1480. The summed E-state index contributed by atoms with van der Waals surface area (Å²) < 4.78 is 2.37. The second kappa shape index (κ2) is 11.5. The van der Waals surface area contributed by atoms with Crippen LogP contribution in [-0.2, 0) is 17.8 Å². The van der Waals surface area contributed by atoms with Crippen LogP contribution in [0.15, 0.2) is 103 Å². The number of nitrogens with one attached hydrogen (secondary N) is 1. The molecule has 4 nitrogen and oxygen atoms in total. The van der Waals surface area contributed by atoms with Crippen molar-refractivity contribution < 1.29 is 4.79 Å². The number of nitrogens with zero attached hydrogens (tertiary/aromatic N) is 2. The smallest absolute Gasteiger partial charge is 0.243 e. The van der Waals surface area contributed by atoms with E-state index < -0.39 is 0 Å². The molecule has 1 aromatic heterocycles. The molecule has 0 bridgehead atoms. The Labute approximate surface area is 212 Å². The number of carbonyl (C=O) groups is 1. The van der Waals surface area contributed by atoms with Crippen LogP contribution in [-0.4, -0.2) is 22.0 Å². The maximum Gasteiger partial charge on any atom is 0.243 e. The summed E-state index contributed by atoms with van der Waals surface area (Å²) in [6.07, 6.45) is 7.39. The number of unbranched alkanes of at least 4 members (excludes halogenated alkanes) is 2. The van der Waals surface area contributed by atoms with Gasteiger partial charge in [-0.3, -0.25) is 4.79 Å². The summed E-state index contributed by atoms with van der Waals surface area (Å²) in [4.78, 5) is 17.0. The highest BCUT2D eigenvalue weighted by Gasteiger charge is 2.12. The monoisotopic (exact) mass is 473 g/mol. The largest absolute Gasteiger partial charge is 0.353 e. The van der Waals surface area contributed by atoms with Crippen molar-refractivity contribution in [3.8, 4) is 0 Å². The van der Waals surface area contributed by atoms with E-state index in [2.05, 4.69) is 76.6 Å². The van der Waals surface area contributed by atoms with E-state index in [9.17, 15) is 4.79 Å². The highest BCUT2D eigenvalue weighted by atomic mass is 16.1. The molecule has 0 spiro atoms. The molecule has 0 atom stereocenters. The minimum Gasteiger partial charge on any atom is -0.353 e. The fourth-order valence-corrected chi connectivity index (χ4v) is 4.68. The van der Waals surface area contributed by atoms with E-state index in [1.54, 1.807) is 6.08 Å². The summed E-state index contributed by atoms with van der Waals surface area (Å²) in [7, 11) is 0. The number of hydrogen-bond donors (Lipinski definition) is 1. The predicted molar refractivity (Wildman–Crippen MR) is 149 cm³/mol. The lowest BCUT2D eigenvalue weighted by atomic mass is 10.0. The van der Waals surface area contributed by atoms with Crippen LogP contribution in [0.1, 0.15) is 36.2 Å². The van der Waals surface area contributed by atoms with Gasteiger partial charge < -0.3 is 9.88 Å². The van der Waals surface area contributed by atoms with Gasteiger partial charge in [-0.1, -0.05) is 91.3 Å². The van der Waals surface area contributed by atoms with Crippen molar-refractivity contribution in [2.24, 2.45) is 0 Å². The molecule has 0 saturated heterocycles. The topological polar surface area (TPSA) is 46.9 Å². The highest BCUT2D eigenvalue weighted by molar-refractivity contribution is 5.91. The van der Waals surface area contributed by atoms with E-state index in [4.69, 9.17) is 4.98 Å². The molecule has 0 aliphatic rings. The summed E-state index contributed by atoms with van der Waals surface area (Å²) in [5.74, 6) is 1.08. The number of benzene rings is 4. The molecule has 4 heteroatoms. The zero-order chi connectivity index (χ0) is 24.6. The molecule has 1 heterocycles. The van der Waals surface area contributed by atoms with Crippen LogP contribution in [0.3, 0.4) is 0 Å². The van der Waals surface area contributed by atoms with Crippen LogP contribution in [0.4, 0.5) is 0 Å². The van der Waals surface area contributed by atoms with Gasteiger partial charge in [0.1, 0.15) is 5.82 Å². The maximum atomic E-state index is 12.1. The van der Waals surface area contributed by atoms with Crippen LogP contribution in [0.5, 0.6) is 0 Å². The van der Waals surface area contributed by atoms with Gasteiger partial charge in [0.05, 0.1) is 11.0 Å². The van der Waals surface area contributed by atoms with Gasteiger partial charge in [0.15, 0.2) is 0 Å². The Morgan fingerprint density at radius 3 is 2.50 bits per heavy atom. The first-order valence-corrected chi connectivity index (χ1v) is 12.7. The SMILES string of the molecule is O=C(/C=C/c1ccccc1)NCCCCCc1nc2ccccc2n1Cc1cccc2ccccc12. The van der Waals surface area contributed by atoms with Crippen molar-refractivity contribution in [3.05, 3.63) is 120 Å². The minimum absolute atomic E-state index is 0.0456. The number of hydrogen-bond acceptors (Lipinski definition) is 2. The molecule has 0 fully saturated rings. The third-order valence-electron chi connectivity index (χ3n) is 6.55. The number of imidazole rings is 1. The Hall–Kier alpha value is -4.18. The lowest BCUT2D eigenvalue weighted by Gasteiger charge is -2.12. The fraction of sp³-hybridized carbons (Fsp3) is 0.188. The quantitative estimate of drug-likeness (QED) is 0.179. The van der Waals surface area contributed by atoms with Crippen molar-refractivity contribution in [1.29, 1.82) is 0 Å². The molecule has 36 heavy (non-hydrogen) atoms. The summed E-state index contributed by atoms with van der Waals surface area (Å²) >= 11 is 0. The van der Waals surface area contributed by atoms with E-state index in [0.29, 0.717) is 6.54 Å². The first kappa shape index (κ1) is 23.6. The first-order valence-electron chi connectivity index (χ1n) is 12.7. The standard InChI is InChI=1S/C32H31N3O/c36-32(22-21-25-12-3-1-4-13-25)33-23-10-2-5-20-31-34-29-18-8-9-19-30(29)35(31)24-27-16-11-15-26-14-6-7-17-28(26)27/h1,3-4,6-9,11-19,21-22H,2,5,10,20,23-24H2,(H,33,36)/b22-21+. The Balaban J connectivity index is 1.18. The maximum absolute atomic E-state index is 12.1. The van der Waals surface area contributed by atoms with Crippen molar-refractivity contribution in [2.75, 3.05) is 6.54 Å². The number of para-hydroxylation sites is 2. The van der Waals surface area contributed by atoms with Gasteiger partial charge in [-0.25, -0.2) is 4.98 Å². The summed E-state index contributed by atoms with van der Waals surface area (Å²) in [5.41, 5.74) is 4.56. The molecule has 0 aliphatic heterocycles. The molecule has 4 aromatic carbocycles. The van der Waals surface area contributed by atoms with Crippen LogP contribution in [0.25, 0.3) is 27.9 Å². The summed E-state index contributed by atoms with van der Waals surface area (Å²) in [6.45, 7) is 1.49. The average Bonchev–Trinajstić information content (AvgIpc) is 3.27. The van der Waals surface area contributed by atoms with E-state index in [-0.39, 0.29) is 5.91 Å². The Morgan fingerprint density at radius 2 is 1.58 bits per heavy atom. The minimum atomic E-state index is -0.0456. The molecule has 180 valence electrons. The molecule has 0 aliphatic carbocycles. The van der Waals surface area contributed by atoms with Gasteiger partial charge in [0.25, 0.3) is 0 Å².